The van der Waals surface area contributed by atoms with E-state index >= 15 is 0 Å². The first-order chi connectivity index (χ1) is 10.2. The van der Waals surface area contributed by atoms with Crippen LogP contribution in [0.5, 0.6) is 5.75 Å². The Bertz CT molecular complexity index is 587. The van der Waals surface area contributed by atoms with Crippen molar-refractivity contribution in [3.63, 3.8) is 0 Å². The second kappa shape index (κ2) is 5.90. The van der Waals surface area contributed by atoms with Crippen molar-refractivity contribution >= 4 is 0 Å². The lowest BCUT2D eigenvalue weighted by Gasteiger charge is -2.22. The van der Waals surface area contributed by atoms with E-state index in [1.165, 1.54) is 18.4 Å². The highest BCUT2D eigenvalue weighted by molar-refractivity contribution is 5.30. The third-order valence-corrected chi connectivity index (χ3v) is 4.01. The number of aryl methyl sites for hydroxylation is 1. The number of nitrogens with one attached hydrogen (secondary N) is 1. The number of methoxy groups -OCH3 is 1. The van der Waals surface area contributed by atoms with Crippen molar-refractivity contribution < 1.29 is 9.15 Å². The van der Waals surface area contributed by atoms with Gasteiger partial charge in [0.05, 0.1) is 19.3 Å². The van der Waals surface area contributed by atoms with Gasteiger partial charge in [0.1, 0.15) is 11.5 Å². The molecule has 1 aromatic carbocycles. The number of aromatic nitrogens is 1. The highest BCUT2D eigenvalue weighted by Crippen LogP contribution is 2.42. The van der Waals surface area contributed by atoms with Crippen LogP contribution in [-0.2, 0) is 0 Å². The quantitative estimate of drug-likeness (QED) is 0.877. The lowest BCUT2D eigenvalue weighted by atomic mass is 10.0. The average Bonchev–Trinajstić information content (AvgIpc) is 3.25. The number of hydrogen-bond acceptors (Lipinski definition) is 4. The Morgan fingerprint density at radius 1 is 1.29 bits per heavy atom. The molecule has 0 saturated heterocycles. The molecular formula is C17H22N2O2. The van der Waals surface area contributed by atoms with Gasteiger partial charge in [0.25, 0.3) is 0 Å². The van der Waals surface area contributed by atoms with Crippen LogP contribution in [0.15, 0.2) is 34.9 Å². The number of nitrogens with zero attached hydrogens (tertiary/aromatic N) is 1. The monoisotopic (exact) mass is 286 g/mol. The lowest BCUT2D eigenvalue weighted by Crippen LogP contribution is -2.26. The molecule has 1 saturated carbocycles. The van der Waals surface area contributed by atoms with Crippen LogP contribution in [0.2, 0.25) is 0 Å². The molecule has 4 heteroatoms. The van der Waals surface area contributed by atoms with Gasteiger partial charge in [-0.25, -0.2) is 4.98 Å². The van der Waals surface area contributed by atoms with E-state index in [-0.39, 0.29) is 6.04 Å². The van der Waals surface area contributed by atoms with Crippen molar-refractivity contribution in [1.82, 2.24) is 10.3 Å². The number of hydrogen-bond donors (Lipinski definition) is 1. The smallest absolute Gasteiger partial charge is 0.211 e. The van der Waals surface area contributed by atoms with Gasteiger partial charge in [-0.05, 0) is 50.3 Å². The van der Waals surface area contributed by atoms with Crippen LogP contribution in [0.4, 0.5) is 0 Å². The molecule has 0 radical (unpaired) electrons. The molecule has 21 heavy (non-hydrogen) atoms. The molecule has 1 heterocycles. The highest BCUT2D eigenvalue weighted by atomic mass is 16.5. The zero-order valence-corrected chi connectivity index (χ0v) is 12.8. The first kappa shape index (κ1) is 14.1. The molecule has 4 nitrogen and oxygen atoms in total. The fourth-order valence-electron chi connectivity index (χ4n) is 2.66. The summed E-state index contributed by atoms with van der Waals surface area (Å²) in [5.74, 6) is 3.21. The number of benzene rings is 1. The van der Waals surface area contributed by atoms with Crippen LogP contribution >= 0.6 is 0 Å². The summed E-state index contributed by atoms with van der Waals surface area (Å²) in [7, 11) is 1.69. The van der Waals surface area contributed by atoms with Crippen LogP contribution < -0.4 is 10.1 Å². The van der Waals surface area contributed by atoms with Gasteiger partial charge in [0, 0.05) is 6.04 Å². The molecule has 1 aliphatic carbocycles. The normalized spacial score (nSPS) is 17.5. The van der Waals surface area contributed by atoms with Crippen LogP contribution in [0.1, 0.15) is 49.1 Å². The van der Waals surface area contributed by atoms with Crippen molar-refractivity contribution in [2.75, 3.05) is 7.11 Å². The van der Waals surface area contributed by atoms with E-state index in [4.69, 9.17) is 9.15 Å². The fourth-order valence-corrected chi connectivity index (χ4v) is 2.66. The molecule has 0 amide bonds. The van der Waals surface area contributed by atoms with Crippen molar-refractivity contribution in [2.45, 2.75) is 38.8 Å². The molecule has 0 spiro atoms. The predicted molar refractivity (Wildman–Crippen MR) is 81.2 cm³/mol. The van der Waals surface area contributed by atoms with Gasteiger partial charge < -0.3 is 9.15 Å². The summed E-state index contributed by atoms with van der Waals surface area (Å²) in [4.78, 5) is 4.32. The molecule has 1 aliphatic rings. The third-order valence-electron chi connectivity index (χ3n) is 4.01. The molecule has 1 aromatic heterocycles. The predicted octanol–water partition coefficient (Wildman–Crippen LogP) is 3.79. The van der Waals surface area contributed by atoms with Gasteiger partial charge >= 0.3 is 0 Å². The Labute approximate surface area is 125 Å². The van der Waals surface area contributed by atoms with E-state index in [0.717, 1.165) is 17.4 Å². The summed E-state index contributed by atoms with van der Waals surface area (Å²) < 4.78 is 10.9. The largest absolute Gasteiger partial charge is 0.497 e. The molecule has 1 fully saturated rings. The van der Waals surface area contributed by atoms with Gasteiger partial charge in [0.2, 0.25) is 5.89 Å². The van der Waals surface area contributed by atoms with Crippen LogP contribution in [0, 0.1) is 12.8 Å². The van der Waals surface area contributed by atoms with E-state index in [1.54, 1.807) is 13.3 Å². The van der Waals surface area contributed by atoms with Gasteiger partial charge in [-0.15, -0.1) is 0 Å². The Balaban J connectivity index is 1.75. The maximum absolute atomic E-state index is 5.63. The van der Waals surface area contributed by atoms with Crippen molar-refractivity contribution in [1.29, 1.82) is 0 Å². The third kappa shape index (κ3) is 3.27. The summed E-state index contributed by atoms with van der Waals surface area (Å²) in [5.41, 5.74) is 1.30. The van der Waals surface area contributed by atoms with Crippen molar-refractivity contribution in [2.24, 2.45) is 5.92 Å². The van der Waals surface area contributed by atoms with Gasteiger partial charge in [-0.1, -0.05) is 12.1 Å². The zero-order chi connectivity index (χ0) is 14.8. The average molecular weight is 286 g/mol. The summed E-state index contributed by atoms with van der Waals surface area (Å²) in [5, 5.41) is 3.67. The molecule has 3 rings (SSSR count). The van der Waals surface area contributed by atoms with Gasteiger partial charge in [-0.3, -0.25) is 5.32 Å². The molecule has 2 atom stereocenters. The number of ether oxygens (including phenoxy) is 1. The first-order valence-corrected chi connectivity index (χ1v) is 7.49. The Hall–Kier alpha value is -1.81. The van der Waals surface area contributed by atoms with E-state index in [1.807, 2.05) is 19.1 Å². The van der Waals surface area contributed by atoms with Crippen molar-refractivity contribution in [3.8, 4) is 5.75 Å². The van der Waals surface area contributed by atoms with E-state index in [2.05, 4.69) is 29.4 Å². The zero-order valence-electron chi connectivity index (χ0n) is 12.8. The maximum Gasteiger partial charge on any atom is 0.211 e. The summed E-state index contributed by atoms with van der Waals surface area (Å²) in [6.07, 6.45) is 4.33. The SMILES string of the molecule is COc1ccc(C(NC(C)c2ncc(C)o2)C2CC2)cc1. The van der Waals surface area contributed by atoms with Crippen LogP contribution in [0.25, 0.3) is 0 Å². The summed E-state index contributed by atoms with van der Waals surface area (Å²) in [6, 6.07) is 8.77. The molecule has 2 aromatic rings. The highest BCUT2D eigenvalue weighted by Gasteiger charge is 2.33. The molecule has 2 unspecified atom stereocenters. The summed E-state index contributed by atoms with van der Waals surface area (Å²) in [6.45, 7) is 4.02. The second-order valence-electron chi connectivity index (χ2n) is 5.79. The van der Waals surface area contributed by atoms with Crippen molar-refractivity contribution in [3.05, 3.63) is 47.7 Å². The maximum atomic E-state index is 5.63. The first-order valence-electron chi connectivity index (χ1n) is 7.49. The van der Waals surface area contributed by atoms with Crippen LogP contribution in [-0.4, -0.2) is 12.1 Å². The van der Waals surface area contributed by atoms with Crippen LogP contribution in [0.3, 0.4) is 0 Å². The Kier molecular flexibility index (Phi) is 3.97. The molecule has 112 valence electrons. The molecule has 0 aliphatic heterocycles. The Morgan fingerprint density at radius 2 is 2.00 bits per heavy atom. The molecule has 0 bridgehead atoms. The Morgan fingerprint density at radius 3 is 2.52 bits per heavy atom. The molecule has 1 N–H and O–H groups in total. The lowest BCUT2D eigenvalue weighted by molar-refractivity contribution is 0.355. The minimum atomic E-state index is 0.103. The minimum Gasteiger partial charge on any atom is -0.497 e. The fraction of sp³-hybridized carbons (Fsp3) is 0.471. The summed E-state index contributed by atoms with van der Waals surface area (Å²) >= 11 is 0. The number of oxazole rings is 1. The van der Waals surface area contributed by atoms with E-state index < -0.39 is 0 Å². The topological polar surface area (TPSA) is 47.3 Å². The second-order valence-corrected chi connectivity index (χ2v) is 5.79. The minimum absolute atomic E-state index is 0.103. The molecular weight excluding hydrogens is 264 g/mol. The van der Waals surface area contributed by atoms with E-state index in [9.17, 15) is 0 Å². The van der Waals surface area contributed by atoms with E-state index in [0.29, 0.717) is 12.0 Å². The van der Waals surface area contributed by atoms with Gasteiger partial charge in [-0.2, -0.15) is 0 Å². The van der Waals surface area contributed by atoms with Gasteiger partial charge in [0.15, 0.2) is 0 Å². The standard InChI is InChI=1S/C17H22N2O2/c1-11-10-18-17(21-11)12(2)19-16(13-4-5-13)14-6-8-15(20-3)9-7-14/h6-10,12-13,16,19H,4-5H2,1-3H3. The number of rotatable bonds is 6.